The number of hydrogen-bond donors (Lipinski definition) is 1. The maximum Gasteiger partial charge on any atom is 0.358 e. The highest BCUT2D eigenvalue weighted by atomic mass is 79.9. The molecule has 8 heteroatoms. The van der Waals surface area contributed by atoms with Gasteiger partial charge in [0.05, 0.1) is 17.8 Å². The Bertz CT molecular complexity index is 523. The van der Waals surface area contributed by atoms with Gasteiger partial charge in [0.25, 0.3) is 0 Å². The van der Waals surface area contributed by atoms with Crippen molar-refractivity contribution in [3.63, 3.8) is 0 Å². The van der Waals surface area contributed by atoms with Crippen LogP contribution in [0.25, 0.3) is 0 Å². The SMILES string of the molecule is CCO/N=C(/Br)CCc1cc(N)c(Cl)c(C(=O)OC)n1. The number of rotatable bonds is 6. The van der Waals surface area contributed by atoms with E-state index in [0.29, 0.717) is 29.8 Å². The van der Waals surface area contributed by atoms with Gasteiger partial charge in [0.2, 0.25) is 0 Å². The largest absolute Gasteiger partial charge is 0.464 e. The molecule has 1 aromatic heterocycles. The molecular weight excluding hydrogens is 350 g/mol. The molecule has 0 saturated carbocycles. The Morgan fingerprint density at radius 3 is 2.90 bits per heavy atom. The van der Waals surface area contributed by atoms with E-state index in [-0.39, 0.29) is 16.4 Å². The van der Waals surface area contributed by atoms with Gasteiger partial charge in [-0.2, -0.15) is 0 Å². The number of hydrogen-bond acceptors (Lipinski definition) is 6. The van der Waals surface area contributed by atoms with Crippen LogP contribution in [0, 0.1) is 0 Å². The summed E-state index contributed by atoms with van der Waals surface area (Å²) >= 11 is 9.21. The van der Waals surface area contributed by atoms with Crippen LogP contribution >= 0.6 is 27.5 Å². The molecule has 1 heterocycles. The summed E-state index contributed by atoms with van der Waals surface area (Å²) in [5, 5.41) is 3.93. The first-order valence-electron chi connectivity index (χ1n) is 5.87. The van der Waals surface area contributed by atoms with Crippen molar-refractivity contribution in [1.82, 2.24) is 4.98 Å². The summed E-state index contributed by atoms with van der Waals surface area (Å²) in [6.07, 6.45) is 1.09. The molecule has 0 radical (unpaired) electrons. The number of aryl methyl sites for hydroxylation is 1. The number of nitrogens with zero attached hydrogens (tertiary/aromatic N) is 2. The van der Waals surface area contributed by atoms with Crippen LogP contribution in [-0.4, -0.2) is 29.3 Å². The number of carbonyl (C=O) groups is 1. The maximum absolute atomic E-state index is 11.5. The number of methoxy groups -OCH3 is 1. The van der Waals surface area contributed by atoms with Crippen LogP contribution < -0.4 is 5.73 Å². The number of nitrogens with two attached hydrogens (primary N) is 1. The summed E-state index contributed by atoms with van der Waals surface area (Å²) in [5.41, 5.74) is 6.68. The Hall–Kier alpha value is -1.34. The van der Waals surface area contributed by atoms with Crippen molar-refractivity contribution in [2.24, 2.45) is 5.16 Å². The van der Waals surface area contributed by atoms with E-state index in [0.717, 1.165) is 0 Å². The molecule has 0 aliphatic rings. The fourth-order valence-electron chi connectivity index (χ4n) is 1.38. The molecule has 110 valence electrons. The van der Waals surface area contributed by atoms with Crippen molar-refractivity contribution >= 4 is 43.8 Å². The van der Waals surface area contributed by atoms with E-state index in [4.69, 9.17) is 22.2 Å². The second-order valence-electron chi connectivity index (χ2n) is 3.74. The first-order chi connectivity index (χ1) is 9.49. The zero-order valence-corrected chi connectivity index (χ0v) is 13.5. The minimum absolute atomic E-state index is 0.0158. The molecule has 0 unspecified atom stereocenters. The van der Waals surface area contributed by atoms with Crippen LogP contribution in [0.4, 0.5) is 5.69 Å². The van der Waals surface area contributed by atoms with Gasteiger partial charge in [-0.25, -0.2) is 9.78 Å². The Balaban J connectivity index is 2.86. The van der Waals surface area contributed by atoms with Gasteiger partial charge in [-0.15, -0.1) is 0 Å². The van der Waals surface area contributed by atoms with Crippen LogP contribution in [0.3, 0.4) is 0 Å². The maximum atomic E-state index is 11.5. The Morgan fingerprint density at radius 2 is 2.30 bits per heavy atom. The van der Waals surface area contributed by atoms with Gasteiger partial charge >= 0.3 is 5.97 Å². The number of halogens is 2. The summed E-state index contributed by atoms with van der Waals surface area (Å²) in [6.45, 7) is 2.33. The molecule has 20 heavy (non-hydrogen) atoms. The first-order valence-corrected chi connectivity index (χ1v) is 7.04. The molecule has 1 rings (SSSR count). The number of nitrogen functional groups attached to an aromatic ring is 1. The van der Waals surface area contributed by atoms with Gasteiger partial charge in [-0.05, 0) is 35.3 Å². The second-order valence-corrected chi connectivity index (χ2v) is 5.04. The first kappa shape index (κ1) is 16.7. The molecule has 0 aliphatic carbocycles. The number of aromatic nitrogens is 1. The fourth-order valence-corrected chi connectivity index (χ4v) is 1.85. The summed E-state index contributed by atoms with van der Waals surface area (Å²) < 4.78 is 5.26. The third-order valence-corrected chi connectivity index (χ3v) is 3.24. The van der Waals surface area contributed by atoms with E-state index < -0.39 is 5.97 Å². The van der Waals surface area contributed by atoms with Gasteiger partial charge in [0.1, 0.15) is 11.2 Å². The highest BCUT2D eigenvalue weighted by Crippen LogP contribution is 2.24. The summed E-state index contributed by atoms with van der Waals surface area (Å²) in [5.74, 6) is -0.620. The molecule has 1 aromatic rings. The van der Waals surface area contributed by atoms with Crippen LogP contribution in [-0.2, 0) is 16.0 Å². The number of esters is 1. The number of carbonyl (C=O) groups excluding carboxylic acids is 1. The average Bonchev–Trinajstić information content (AvgIpc) is 2.45. The monoisotopic (exact) mass is 363 g/mol. The van der Waals surface area contributed by atoms with Crippen molar-refractivity contribution < 1.29 is 14.4 Å². The zero-order chi connectivity index (χ0) is 15.1. The number of pyridine rings is 1. The lowest BCUT2D eigenvalue weighted by Gasteiger charge is -2.08. The van der Waals surface area contributed by atoms with Gasteiger partial charge < -0.3 is 15.3 Å². The van der Waals surface area contributed by atoms with Crippen molar-refractivity contribution in [3.8, 4) is 0 Å². The van der Waals surface area contributed by atoms with Crippen molar-refractivity contribution in [2.45, 2.75) is 19.8 Å². The minimum atomic E-state index is -0.620. The van der Waals surface area contributed by atoms with Gasteiger partial charge in [-0.1, -0.05) is 16.8 Å². The van der Waals surface area contributed by atoms with E-state index in [2.05, 4.69) is 30.8 Å². The predicted molar refractivity (Wildman–Crippen MR) is 81.3 cm³/mol. The predicted octanol–water partition coefficient (Wildman–Crippen LogP) is 2.78. The number of anilines is 1. The second kappa shape index (κ2) is 8.06. The lowest BCUT2D eigenvalue weighted by molar-refractivity contribution is 0.0594. The highest BCUT2D eigenvalue weighted by Gasteiger charge is 2.16. The quantitative estimate of drug-likeness (QED) is 0.476. The molecule has 2 N–H and O–H groups in total. The number of ether oxygens (including phenoxy) is 1. The standard InChI is InChI=1S/C12H15BrClN3O3/c1-3-20-17-9(13)5-4-7-6-8(15)10(14)11(16-7)12(18)19-2/h6H,3-5H2,1-2H3,(H2,15,16)/b17-9+. The van der Waals surface area contributed by atoms with Crippen LogP contribution in [0.15, 0.2) is 11.2 Å². The van der Waals surface area contributed by atoms with Crippen molar-refractivity contribution in [1.29, 1.82) is 0 Å². The third-order valence-electron chi connectivity index (χ3n) is 2.30. The molecule has 0 aliphatic heterocycles. The zero-order valence-electron chi connectivity index (χ0n) is 11.2. The smallest absolute Gasteiger partial charge is 0.358 e. The Labute approximate surface area is 130 Å². The molecule has 0 amide bonds. The molecule has 6 nitrogen and oxygen atoms in total. The van der Waals surface area contributed by atoms with E-state index in [1.165, 1.54) is 7.11 Å². The van der Waals surface area contributed by atoms with Gasteiger partial charge in [-0.3, -0.25) is 0 Å². The van der Waals surface area contributed by atoms with Crippen molar-refractivity contribution in [3.05, 3.63) is 22.5 Å². The highest BCUT2D eigenvalue weighted by molar-refractivity contribution is 9.18. The summed E-state index contributed by atoms with van der Waals surface area (Å²) in [6, 6.07) is 1.62. The van der Waals surface area contributed by atoms with Crippen LogP contribution in [0.2, 0.25) is 5.02 Å². The minimum Gasteiger partial charge on any atom is -0.464 e. The molecule has 0 atom stereocenters. The molecule has 0 spiro atoms. The van der Waals surface area contributed by atoms with Gasteiger partial charge in [0, 0.05) is 12.1 Å². The van der Waals surface area contributed by atoms with Crippen LogP contribution in [0.1, 0.15) is 29.5 Å². The van der Waals surface area contributed by atoms with Crippen molar-refractivity contribution in [2.75, 3.05) is 19.5 Å². The Kier molecular flexibility index (Phi) is 6.74. The average molecular weight is 365 g/mol. The third kappa shape index (κ3) is 4.64. The normalized spacial score (nSPS) is 11.3. The van der Waals surface area contributed by atoms with E-state index >= 15 is 0 Å². The molecular formula is C12H15BrClN3O3. The fraction of sp³-hybridized carbons (Fsp3) is 0.417. The Morgan fingerprint density at radius 1 is 1.60 bits per heavy atom. The summed E-state index contributed by atoms with van der Waals surface area (Å²) in [4.78, 5) is 20.6. The summed E-state index contributed by atoms with van der Waals surface area (Å²) in [7, 11) is 1.26. The molecule has 0 bridgehead atoms. The van der Waals surface area contributed by atoms with E-state index in [1.54, 1.807) is 6.07 Å². The van der Waals surface area contributed by atoms with E-state index in [9.17, 15) is 4.79 Å². The molecule has 0 fully saturated rings. The molecule has 0 aromatic carbocycles. The molecule has 0 saturated heterocycles. The number of oxime groups is 1. The van der Waals surface area contributed by atoms with Gasteiger partial charge in [0.15, 0.2) is 5.69 Å². The lowest BCUT2D eigenvalue weighted by Crippen LogP contribution is -2.09. The topological polar surface area (TPSA) is 86.8 Å². The lowest BCUT2D eigenvalue weighted by atomic mass is 10.2. The van der Waals surface area contributed by atoms with Crippen LogP contribution in [0.5, 0.6) is 0 Å². The van der Waals surface area contributed by atoms with E-state index in [1.807, 2.05) is 6.92 Å².